The highest BCUT2D eigenvalue weighted by atomic mass is 16.5. The summed E-state index contributed by atoms with van der Waals surface area (Å²) in [5.41, 5.74) is 3.73. The third-order valence-electron chi connectivity index (χ3n) is 6.22. The van der Waals surface area contributed by atoms with Crippen molar-refractivity contribution in [2.45, 2.75) is 32.9 Å². The summed E-state index contributed by atoms with van der Waals surface area (Å²) in [7, 11) is 1.64. The number of nitrogens with zero attached hydrogens (tertiary/aromatic N) is 3. The Balaban J connectivity index is 1.53. The number of aromatic nitrogens is 2. The maximum Gasteiger partial charge on any atom is 0.227 e. The second-order valence-corrected chi connectivity index (χ2v) is 8.85. The molecule has 1 heterocycles. The quantitative estimate of drug-likeness (QED) is 0.307. The van der Waals surface area contributed by atoms with E-state index in [1.165, 1.54) is 0 Å². The summed E-state index contributed by atoms with van der Waals surface area (Å²) in [6.07, 6.45) is 1.92. The normalized spacial score (nSPS) is 12.9. The molecule has 5 rings (SSSR count). The molecule has 1 saturated carbocycles. The second kappa shape index (κ2) is 10.1. The van der Waals surface area contributed by atoms with Gasteiger partial charge in [-0.1, -0.05) is 48.5 Å². The smallest absolute Gasteiger partial charge is 0.227 e. The van der Waals surface area contributed by atoms with Gasteiger partial charge in [0.25, 0.3) is 0 Å². The maximum absolute atomic E-state index is 13.3. The van der Waals surface area contributed by atoms with E-state index in [0.29, 0.717) is 24.7 Å². The van der Waals surface area contributed by atoms with Crippen LogP contribution in [-0.4, -0.2) is 27.7 Å². The number of ether oxygens (including phenoxy) is 2. The lowest BCUT2D eigenvalue weighted by Gasteiger charge is -2.23. The molecule has 0 aliphatic heterocycles. The molecule has 1 aromatic heterocycles. The molecule has 0 unspecified atom stereocenters. The number of methoxy groups -OCH3 is 1. The van der Waals surface area contributed by atoms with Gasteiger partial charge in [-0.15, -0.1) is 0 Å². The summed E-state index contributed by atoms with van der Waals surface area (Å²) in [6, 6.07) is 27.5. The lowest BCUT2D eigenvalue weighted by Crippen LogP contribution is -2.31. The van der Waals surface area contributed by atoms with E-state index in [0.717, 1.165) is 41.1 Å². The Morgan fingerprint density at radius 1 is 0.914 bits per heavy atom. The van der Waals surface area contributed by atoms with Crippen molar-refractivity contribution in [2.75, 3.05) is 7.11 Å². The fraction of sp³-hybridized carbons (Fsp3) is 0.241. The SMILES string of the molecule is COc1ccc(Oc2c(CN(Cc3ccccc3)C(=O)C3CC3)c(C)nn2-c2ccccc2)cc1. The van der Waals surface area contributed by atoms with Crippen molar-refractivity contribution in [1.82, 2.24) is 14.7 Å². The van der Waals surface area contributed by atoms with Crippen LogP contribution in [-0.2, 0) is 17.9 Å². The number of hydrogen-bond acceptors (Lipinski definition) is 4. The monoisotopic (exact) mass is 467 g/mol. The van der Waals surface area contributed by atoms with Crippen LogP contribution in [0.1, 0.15) is 29.7 Å². The molecule has 0 spiro atoms. The van der Waals surface area contributed by atoms with E-state index in [2.05, 4.69) is 12.1 Å². The Morgan fingerprint density at radius 2 is 1.54 bits per heavy atom. The second-order valence-electron chi connectivity index (χ2n) is 8.85. The fourth-order valence-corrected chi connectivity index (χ4v) is 4.12. The molecule has 35 heavy (non-hydrogen) atoms. The Hall–Kier alpha value is -4.06. The molecule has 1 fully saturated rings. The van der Waals surface area contributed by atoms with Gasteiger partial charge in [-0.05, 0) is 61.7 Å². The van der Waals surface area contributed by atoms with Crippen LogP contribution in [0.5, 0.6) is 17.4 Å². The van der Waals surface area contributed by atoms with Crippen LogP contribution in [0.25, 0.3) is 5.69 Å². The van der Waals surface area contributed by atoms with E-state index in [1.54, 1.807) is 7.11 Å². The number of benzene rings is 3. The Morgan fingerprint density at radius 3 is 2.17 bits per heavy atom. The van der Waals surface area contributed by atoms with Gasteiger partial charge in [0.2, 0.25) is 11.8 Å². The summed E-state index contributed by atoms with van der Waals surface area (Å²) in [5.74, 6) is 2.35. The van der Waals surface area contributed by atoms with Crippen LogP contribution < -0.4 is 9.47 Å². The average Bonchev–Trinajstić information content (AvgIpc) is 3.71. The van der Waals surface area contributed by atoms with Gasteiger partial charge in [-0.2, -0.15) is 5.10 Å². The van der Waals surface area contributed by atoms with Crippen molar-refractivity contribution in [2.24, 2.45) is 5.92 Å². The van der Waals surface area contributed by atoms with Crippen molar-refractivity contribution < 1.29 is 14.3 Å². The van der Waals surface area contributed by atoms with E-state index in [9.17, 15) is 4.79 Å². The van der Waals surface area contributed by atoms with Crippen molar-refractivity contribution in [3.8, 4) is 23.1 Å². The Bertz CT molecular complexity index is 1280. The summed E-state index contributed by atoms with van der Waals surface area (Å²) >= 11 is 0. The van der Waals surface area contributed by atoms with E-state index in [1.807, 2.05) is 89.3 Å². The van der Waals surface area contributed by atoms with E-state index < -0.39 is 0 Å². The third kappa shape index (κ3) is 5.22. The van der Waals surface area contributed by atoms with E-state index >= 15 is 0 Å². The summed E-state index contributed by atoms with van der Waals surface area (Å²) in [4.78, 5) is 15.2. The predicted octanol–water partition coefficient (Wildman–Crippen LogP) is 5.92. The highest BCUT2D eigenvalue weighted by Gasteiger charge is 2.34. The zero-order valence-electron chi connectivity index (χ0n) is 20.1. The first-order chi connectivity index (χ1) is 17.1. The molecular formula is C29H29N3O3. The van der Waals surface area contributed by atoms with Gasteiger partial charge in [0, 0.05) is 12.5 Å². The molecule has 3 aromatic carbocycles. The number of para-hydroxylation sites is 1. The van der Waals surface area contributed by atoms with Crippen molar-refractivity contribution in [1.29, 1.82) is 0 Å². The molecule has 0 bridgehead atoms. The van der Waals surface area contributed by atoms with E-state index in [-0.39, 0.29) is 11.8 Å². The van der Waals surface area contributed by atoms with Gasteiger partial charge in [-0.25, -0.2) is 4.68 Å². The molecule has 0 radical (unpaired) electrons. The van der Waals surface area contributed by atoms with Gasteiger partial charge >= 0.3 is 0 Å². The predicted molar refractivity (Wildman–Crippen MR) is 135 cm³/mol. The largest absolute Gasteiger partial charge is 0.497 e. The maximum atomic E-state index is 13.3. The minimum atomic E-state index is 0.120. The number of amides is 1. The standard InChI is InChI=1S/C29H29N3O3/c1-21-27(20-31(28(33)23-13-14-23)19-22-9-5-3-6-10-22)29(32(30-21)24-11-7-4-8-12-24)35-26-17-15-25(34-2)16-18-26/h3-12,15-18,23H,13-14,19-20H2,1-2H3. The van der Waals surface area contributed by atoms with Crippen LogP contribution in [0.2, 0.25) is 0 Å². The minimum Gasteiger partial charge on any atom is -0.497 e. The molecule has 178 valence electrons. The number of aryl methyl sites for hydroxylation is 1. The molecular weight excluding hydrogens is 438 g/mol. The molecule has 1 aliphatic carbocycles. The van der Waals surface area contributed by atoms with Crippen LogP contribution in [0.15, 0.2) is 84.9 Å². The molecule has 6 heteroatoms. The number of carbonyl (C=O) groups is 1. The first-order valence-corrected chi connectivity index (χ1v) is 11.9. The number of hydrogen-bond donors (Lipinski definition) is 0. The van der Waals surface area contributed by atoms with Crippen LogP contribution in [0.4, 0.5) is 0 Å². The van der Waals surface area contributed by atoms with Gasteiger partial charge in [-0.3, -0.25) is 4.79 Å². The molecule has 4 aromatic rings. The van der Waals surface area contributed by atoms with Gasteiger partial charge in [0.1, 0.15) is 11.5 Å². The van der Waals surface area contributed by atoms with Crippen molar-refractivity contribution in [3.63, 3.8) is 0 Å². The first kappa shape index (κ1) is 22.7. The van der Waals surface area contributed by atoms with Gasteiger partial charge in [0.15, 0.2) is 0 Å². The molecule has 6 nitrogen and oxygen atoms in total. The zero-order valence-corrected chi connectivity index (χ0v) is 20.1. The van der Waals surface area contributed by atoms with Crippen molar-refractivity contribution >= 4 is 5.91 Å². The summed E-state index contributed by atoms with van der Waals surface area (Å²) < 4.78 is 13.5. The average molecular weight is 468 g/mol. The number of rotatable bonds is 9. The Labute approximate surface area is 205 Å². The van der Waals surface area contributed by atoms with Crippen molar-refractivity contribution in [3.05, 3.63) is 102 Å². The lowest BCUT2D eigenvalue weighted by atomic mass is 10.1. The topological polar surface area (TPSA) is 56.6 Å². The molecule has 1 amide bonds. The van der Waals surface area contributed by atoms with Crippen LogP contribution >= 0.6 is 0 Å². The Kier molecular flexibility index (Phi) is 6.53. The third-order valence-corrected chi connectivity index (χ3v) is 6.22. The summed E-state index contributed by atoms with van der Waals surface area (Å²) in [6.45, 7) is 2.94. The van der Waals surface area contributed by atoms with Gasteiger partial charge in [0.05, 0.1) is 30.6 Å². The number of carbonyl (C=O) groups excluding carboxylic acids is 1. The lowest BCUT2D eigenvalue weighted by molar-refractivity contribution is -0.133. The first-order valence-electron chi connectivity index (χ1n) is 11.9. The fourth-order valence-electron chi connectivity index (χ4n) is 4.12. The molecule has 0 N–H and O–H groups in total. The van der Waals surface area contributed by atoms with Crippen LogP contribution in [0, 0.1) is 12.8 Å². The zero-order chi connectivity index (χ0) is 24.2. The highest BCUT2D eigenvalue weighted by molar-refractivity contribution is 5.81. The highest BCUT2D eigenvalue weighted by Crippen LogP contribution is 2.35. The van der Waals surface area contributed by atoms with Gasteiger partial charge < -0.3 is 14.4 Å². The molecule has 1 aliphatic rings. The minimum absolute atomic E-state index is 0.120. The molecule has 0 saturated heterocycles. The summed E-state index contributed by atoms with van der Waals surface area (Å²) in [5, 5.41) is 4.82. The molecule has 0 atom stereocenters. The van der Waals surface area contributed by atoms with E-state index in [4.69, 9.17) is 14.6 Å². The van der Waals surface area contributed by atoms with Crippen LogP contribution in [0.3, 0.4) is 0 Å².